The minimum atomic E-state index is -0.120. The molecule has 2 heterocycles. The molecule has 1 saturated heterocycles. The number of carbonyl (C=O) groups excluding carboxylic acids is 1. The molecule has 164 valence electrons. The third-order valence-electron chi connectivity index (χ3n) is 6.14. The van der Waals surface area contributed by atoms with Crippen LogP contribution in [0.25, 0.3) is 0 Å². The van der Waals surface area contributed by atoms with Gasteiger partial charge in [0.15, 0.2) is 0 Å². The zero-order valence-electron chi connectivity index (χ0n) is 19.3. The summed E-state index contributed by atoms with van der Waals surface area (Å²) in [7, 11) is 0. The van der Waals surface area contributed by atoms with Crippen molar-refractivity contribution in [3.05, 3.63) is 39.5 Å². The predicted molar refractivity (Wildman–Crippen MR) is 120 cm³/mol. The van der Waals surface area contributed by atoms with Gasteiger partial charge in [0.25, 0.3) is 5.91 Å². The van der Waals surface area contributed by atoms with Crippen molar-refractivity contribution >= 4 is 12.6 Å². The molecule has 0 aromatic carbocycles. The van der Waals surface area contributed by atoms with Crippen LogP contribution in [0.2, 0.25) is 0 Å². The Morgan fingerprint density at radius 3 is 2.40 bits per heavy atom. The number of morpholine rings is 1. The van der Waals surface area contributed by atoms with Crippen molar-refractivity contribution in [3.63, 3.8) is 0 Å². The summed E-state index contributed by atoms with van der Waals surface area (Å²) in [6.45, 7) is 19.8. The molecule has 7 nitrogen and oxygen atoms in total. The maximum atomic E-state index is 13.6. The smallest absolute Gasteiger partial charge is 0.278 e. The normalized spacial score (nSPS) is 19.1. The molecule has 0 unspecified atom stereocenters. The lowest BCUT2D eigenvalue weighted by Gasteiger charge is -2.26. The molecule has 1 aliphatic carbocycles. The number of ether oxygens (including phenoxy) is 1. The molecule has 0 spiro atoms. The van der Waals surface area contributed by atoms with Crippen LogP contribution < -0.4 is 5.32 Å². The molecule has 7 heteroatoms. The third kappa shape index (κ3) is 4.73. The number of rotatable bonds is 7. The van der Waals surface area contributed by atoms with Crippen LogP contribution in [0.4, 0.5) is 0 Å². The summed E-state index contributed by atoms with van der Waals surface area (Å²) in [6.07, 6.45) is 2.19. The highest BCUT2D eigenvalue weighted by Crippen LogP contribution is 2.36. The minimum absolute atomic E-state index is 0.0527. The minimum Gasteiger partial charge on any atom is -0.379 e. The second-order valence-electron chi connectivity index (χ2n) is 8.95. The maximum Gasteiger partial charge on any atom is 0.278 e. The van der Waals surface area contributed by atoms with Crippen LogP contribution in [-0.2, 0) is 11.3 Å². The van der Waals surface area contributed by atoms with Crippen LogP contribution in [0.15, 0.2) is 27.5 Å². The van der Waals surface area contributed by atoms with Gasteiger partial charge in [0.05, 0.1) is 18.9 Å². The predicted octanol–water partition coefficient (Wildman–Crippen LogP) is 3.38. The quantitative estimate of drug-likeness (QED) is 0.421. The highest BCUT2D eigenvalue weighted by Gasteiger charge is 2.38. The summed E-state index contributed by atoms with van der Waals surface area (Å²) in [5, 5.41) is 8.08. The molecule has 2 aliphatic rings. The number of aromatic nitrogens is 2. The Balaban J connectivity index is 1.92. The first-order valence-electron chi connectivity index (χ1n) is 10.7. The SMILES string of the molecule is C=N/C(NC1(C)CC1)=C(\C)C(C(=O)n1nc(C)c(CN2CCOCC2)c1C)=C(C)C. The van der Waals surface area contributed by atoms with Crippen LogP contribution in [-0.4, -0.2) is 59.1 Å². The summed E-state index contributed by atoms with van der Waals surface area (Å²) in [6, 6.07) is 0. The third-order valence-corrected chi connectivity index (χ3v) is 6.14. The van der Waals surface area contributed by atoms with E-state index >= 15 is 0 Å². The lowest BCUT2D eigenvalue weighted by molar-refractivity contribution is 0.0340. The van der Waals surface area contributed by atoms with Crippen molar-refractivity contribution < 1.29 is 9.53 Å². The van der Waals surface area contributed by atoms with Crippen LogP contribution in [0.5, 0.6) is 0 Å². The van der Waals surface area contributed by atoms with Gasteiger partial charge in [0, 0.05) is 47.6 Å². The molecule has 1 aromatic heterocycles. The summed E-state index contributed by atoms with van der Waals surface area (Å²) in [5.41, 5.74) is 5.34. The van der Waals surface area contributed by atoms with Crippen LogP contribution in [0.1, 0.15) is 62.3 Å². The number of hydrogen-bond acceptors (Lipinski definition) is 6. The summed E-state index contributed by atoms with van der Waals surface area (Å²) in [4.78, 5) is 20.1. The van der Waals surface area contributed by atoms with E-state index in [1.807, 2.05) is 34.6 Å². The number of nitrogens with one attached hydrogen (secondary N) is 1. The van der Waals surface area contributed by atoms with Gasteiger partial charge >= 0.3 is 0 Å². The van der Waals surface area contributed by atoms with E-state index in [1.165, 1.54) is 0 Å². The molecule has 30 heavy (non-hydrogen) atoms. The van der Waals surface area contributed by atoms with Gasteiger partial charge in [0.2, 0.25) is 0 Å². The highest BCUT2D eigenvalue weighted by molar-refractivity contribution is 6.00. The van der Waals surface area contributed by atoms with Gasteiger partial charge in [-0.25, -0.2) is 9.67 Å². The van der Waals surface area contributed by atoms with E-state index in [0.717, 1.165) is 73.8 Å². The summed E-state index contributed by atoms with van der Waals surface area (Å²) >= 11 is 0. The van der Waals surface area contributed by atoms with E-state index in [0.29, 0.717) is 11.4 Å². The monoisotopic (exact) mass is 413 g/mol. The van der Waals surface area contributed by atoms with Crippen molar-refractivity contribution in [1.29, 1.82) is 0 Å². The van der Waals surface area contributed by atoms with Gasteiger partial charge in [-0.3, -0.25) is 9.69 Å². The Morgan fingerprint density at radius 2 is 1.87 bits per heavy atom. The first-order valence-corrected chi connectivity index (χ1v) is 10.7. The number of aliphatic imine (C=N–C) groups is 1. The fraction of sp³-hybridized carbons (Fsp3) is 0.609. The Kier molecular flexibility index (Phi) is 6.62. The molecular formula is C23H35N5O2. The molecular weight excluding hydrogens is 378 g/mol. The zero-order chi connectivity index (χ0) is 22.1. The lowest BCUT2D eigenvalue weighted by atomic mass is 10.0. The lowest BCUT2D eigenvalue weighted by Crippen LogP contribution is -2.36. The Morgan fingerprint density at radius 1 is 1.23 bits per heavy atom. The first-order chi connectivity index (χ1) is 14.2. The molecule has 0 bridgehead atoms. The van der Waals surface area contributed by atoms with Gasteiger partial charge in [-0.05, 0) is 61.1 Å². The number of carbonyl (C=O) groups is 1. The molecule has 3 rings (SSSR count). The van der Waals surface area contributed by atoms with Crippen molar-refractivity contribution in [3.8, 4) is 0 Å². The fourth-order valence-electron chi connectivity index (χ4n) is 3.91. The van der Waals surface area contributed by atoms with E-state index in [4.69, 9.17) is 4.74 Å². The molecule has 2 fully saturated rings. The molecule has 0 radical (unpaired) electrons. The zero-order valence-corrected chi connectivity index (χ0v) is 19.3. The van der Waals surface area contributed by atoms with E-state index in [2.05, 4.69) is 33.9 Å². The van der Waals surface area contributed by atoms with Crippen LogP contribution in [0.3, 0.4) is 0 Å². The topological polar surface area (TPSA) is 71.8 Å². The van der Waals surface area contributed by atoms with Crippen LogP contribution in [0, 0.1) is 13.8 Å². The Labute approximate surface area is 179 Å². The molecule has 1 saturated carbocycles. The Bertz CT molecular complexity index is 895. The molecule has 0 amide bonds. The van der Waals surface area contributed by atoms with E-state index in [1.54, 1.807) is 4.68 Å². The van der Waals surface area contributed by atoms with Gasteiger partial charge < -0.3 is 10.1 Å². The van der Waals surface area contributed by atoms with Crippen molar-refractivity contribution in [2.24, 2.45) is 4.99 Å². The molecule has 1 aliphatic heterocycles. The van der Waals surface area contributed by atoms with E-state index < -0.39 is 0 Å². The number of allylic oxidation sites excluding steroid dienone is 3. The number of nitrogens with zero attached hydrogens (tertiary/aromatic N) is 4. The van der Waals surface area contributed by atoms with Gasteiger partial charge in [-0.2, -0.15) is 5.10 Å². The number of hydrogen-bond donors (Lipinski definition) is 1. The average Bonchev–Trinajstić information content (AvgIpc) is 3.38. The largest absolute Gasteiger partial charge is 0.379 e. The van der Waals surface area contributed by atoms with Crippen molar-refractivity contribution in [2.75, 3.05) is 26.3 Å². The van der Waals surface area contributed by atoms with Gasteiger partial charge in [-0.1, -0.05) is 5.57 Å². The van der Waals surface area contributed by atoms with E-state index in [-0.39, 0.29) is 11.4 Å². The van der Waals surface area contributed by atoms with Gasteiger partial charge in [0.1, 0.15) is 5.82 Å². The maximum absolute atomic E-state index is 13.6. The second-order valence-corrected chi connectivity index (χ2v) is 8.95. The first kappa shape index (κ1) is 22.4. The standard InChI is InChI=1S/C23H35N5O2/c1-15(2)20(16(3)21(24-7)25-23(6)8-9-23)22(29)28-18(5)19(17(4)26-28)14-27-10-12-30-13-11-27/h25H,7-14H2,1-6H3/b21-16-. The van der Waals surface area contributed by atoms with Gasteiger partial charge in [-0.15, -0.1) is 0 Å². The second kappa shape index (κ2) is 8.86. The number of aryl methyl sites for hydroxylation is 1. The molecule has 1 aromatic rings. The fourth-order valence-corrected chi connectivity index (χ4v) is 3.91. The van der Waals surface area contributed by atoms with E-state index in [9.17, 15) is 4.79 Å². The molecule has 0 atom stereocenters. The highest BCUT2D eigenvalue weighted by atomic mass is 16.5. The summed E-state index contributed by atoms with van der Waals surface area (Å²) < 4.78 is 7.00. The van der Waals surface area contributed by atoms with Crippen molar-refractivity contribution in [2.45, 2.75) is 66.5 Å². The van der Waals surface area contributed by atoms with Crippen molar-refractivity contribution in [1.82, 2.24) is 20.0 Å². The average molecular weight is 414 g/mol. The molecule has 1 N–H and O–H groups in total. The Hall–Kier alpha value is -2.25. The summed E-state index contributed by atoms with van der Waals surface area (Å²) in [5.74, 6) is 0.555. The van der Waals surface area contributed by atoms with Crippen LogP contribution >= 0.6 is 0 Å².